The molecule has 3 N–H and O–H groups in total. The van der Waals surface area contributed by atoms with Crippen molar-refractivity contribution in [2.24, 2.45) is 17.8 Å². The summed E-state index contributed by atoms with van der Waals surface area (Å²) >= 11 is 0. The van der Waals surface area contributed by atoms with E-state index in [0.717, 1.165) is 11.4 Å². The smallest absolute Gasteiger partial charge is 0.189 e. The number of nitrogens with one attached hydrogen (secondary N) is 1. The van der Waals surface area contributed by atoms with Gasteiger partial charge in [-0.1, -0.05) is 19.3 Å². The third-order valence-electron chi connectivity index (χ3n) is 4.02. The molecule has 0 unspecified atom stereocenters. The van der Waals surface area contributed by atoms with Gasteiger partial charge in [0.1, 0.15) is 0 Å². The van der Waals surface area contributed by atoms with E-state index in [4.69, 9.17) is 5.73 Å². The molecule has 1 heterocycles. The zero-order valence-corrected chi connectivity index (χ0v) is 12.2. The van der Waals surface area contributed by atoms with Gasteiger partial charge in [0, 0.05) is 24.3 Å². The summed E-state index contributed by atoms with van der Waals surface area (Å²) in [6, 6.07) is 0.508. The van der Waals surface area contributed by atoms with Crippen molar-refractivity contribution in [3.05, 3.63) is 17.0 Å². The van der Waals surface area contributed by atoms with Gasteiger partial charge in [0.05, 0.1) is 12.2 Å². The van der Waals surface area contributed by atoms with E-state index in [1.165, 1.54) is 37.7 Å². The summed E-state index contributed by atoms with van der Waals surface area (Å²) in [7, 11) is 1.96. The number of hydrogen-bond donors (Lipinski definition) is 2. The van der Waals surface area contributed by atoms with Gasteiger partial charge in [-0.3, -0.25) is 4.68 Å². The van der Waals surface area contributed by atoms with Gasteiger partial charge in [0.25, 0.3) is 0 Å². The number of rotatable bonds is 3. The molecule has 1 aromatic rings. The number of aryl methyl sites for hydroxylation is 2. The molecule has 1 saturated carbocycles. The molecule has 0 bridgehead atoms. The van der Waals surface area contributed by atoms with Crippen LogP contribution in [0.15, 0.2) is 4.99 Å². The molecule has 2 rings (SSSR count). The van der Waals surface area contributed by atoms with Crippen molar-refractivity contribution >= 4 is 5.96 Å². The Morgan fingerprint density at radius 1 is 1.37 bits per heavy atom. The van der Waals surface area contributed by atoms with Crippen molar-refractivity contribution in [3.8, 4) is 0 Å². The Kier molecular flexibility index (Phi) is 4.45. The minimum absolute atomic E-state index is 0.508. The zero-order chi connectivity index (χ0) is 13.8. The van der Waals surface area contributed by atoms with Gasteiger partial charge < -0.3 is 11.1 Å². The molecule has 5 nitrogen and oxygen atoms in total. The molecule has 1 aliphatic rings. The summed E-state index contributed by atoms with van der Waals surface area (Å²) in [5.41, 5.74) is 9.34. The highest BCUT2D eigenvalue weighted by Gasteiger charge is 2.13. The van der Waals surface area contributed by atoms with Crippen LogP contribution in [0, 0.1) is 13.8 Å². The molecule has 0 aromatic carbocycles. The average Bonchev–Trinajstić information content (AvgIpc) is 2.62. The molecule has 0 atom stereocenters. The summed E-state index contributed by atoms with van der Waals surface area (Å²) in [6.07, 6.45) is 6.36. The van der Waals surface area contributed by atoms with E-state index < -0.39 is 0 Å². The summed E-state index contributed by atoms with van der Waals surface area (Å²) in [5.74, 6) is 0.564. The molecular weight excluding hydrogens is 238 g/mol. The van der Waals surface area contributed by atoms with Crippen molar-refractivity contribution in [1.82, 2.24) is 15.1 Å². The maximum Gasteiger partial charge on any atom is 0.189 e. The Morgan fingerprint density at radius 3 is 2.63 bits per heavy atom. The van der Waals surface area contributed by atoms with Crippen LogP contribution in [0.4, 0.5) is 0 Å². The van der Waals surface area contributed by atoms with E-state index in [0.29, 0.717) is 18.5 Å². The van der Waals surface area contributed by atoms with E-state index in [2.05, 4.69) is 22.3 Å². The highest BCUT2D eigenvalue weighted by atomic mass is 15.3. The van der Waals surface area contributed by atoms with E-state index in [1.807, 2.05) is 18.7 Å². The van der Waals surface area contributed by atoms with Crippen molar-refractivity contribution < 1.29 is 0 Å². The average molecular weight is 263 g/mol. The minimum Gasteiger partial charge on any atom is -0.370 e. The van der Waals surface area contributed by atoms with Gasteiger partial charge in [-0.25, -0.2) is 4.99 Å². The number of aromatic nitrogens is 2. The number of nitrogens with two attached hydrogens (primary N) is 1. The fourth-order valence-corrected chi connectivity index (χ4v) is 2.71. The molecule has 0 spiro atoms. The third-order valence-corrected chi connectivity index (χ3v) is 4.02. The maximum absolute atomic E-state index is 5.97. The number of aliphatic imine (C=N–C) groups is 1. The predicted octanol–water partition coefficient (Wildman–Crippen LogP) is 1.77. The second-order valence-corrected chi connectivity index (χ2v) is 5.45. The van der Waals surface area contributed by atoms with E-state index in [-0.39, 0.29) is 0 Å². The van der Waals surface area contributed by atoms with Crippen LogP contribution in [0.5, 0.6) is 0 Å². The van der Waals surface area contributed by atoms with E-state index >= 15 is 0 Å². The Labute approximate surface area is 115 Å². The molecule has 0 radical (unpaired) electrons. The number of guanidine groups is 1. The van der Waals surface area contributed by atoms with E-state index in [9.17, 15) is 0 Å². The summed E-state index contributed by atoms with van der Waals surface area (Å²) < 4.78 is 1.89. The monoisotopic (exact) mass is 263 g/mol. The number of hydrogen-bond acceptors (Lipinski definition) is 2. The van der Waals surface area contributed by atoms with Crippen molar-refractivity contribution in [2.45, 2.75) is 58.5 Å². The van der Waals surface area contributed by atoms with Crippen LogP contribution < -0.4 is 11.1 Å². The van der Waals surface area contributed by atoms with E-state index in [1.54, 1.807) is 0 Å². The molecular formula is C14H25N5. The number of nitrogens with zero attached hydrogens (tertiary/aromatic N) is 3. The van der Waals surface area contributed by atoms with Crippen LogP contribution in [0.1, 0.15) is 49.1 Å². The third kappa shape index (κ3) is 3.49. The molecule has 19 heavy (non-hydrogen) atoms. The van der Waals surface area contributed by atoms with Crippen LogP contribution in [-0.2, 0) is 13.6 Å². The normalized spacial score (nSPS) is 17.7. The SMILES string of the molecule is Cc1nn(C)c(C)c1CN=C(N)NC1CCCCC1. The lowest BCUT2D eigenvalue weighted by molar-refractivity contribution is 0.412. The lowest BCUT2D eigenvalue weighted by Gasteiger charge is -2.23. The highest BCUT2D eigenvalue weighted by Crippen LogP contribution is 2.17. The molecule has 5 heteroatoms. The van der Waals surface area contributed by atoms with Gasteiger partial charge >= 0.3 is 0 Å². The van der Waals surface area contributed by atoms with Crippen LogP contribution >= 0.6 is 0 Å². The summed E-state index contributed by atoms with van der Waals surface area (Å²) in [5, 5.41) is 7.73. The highest BCUT2D eigenvalue weighted by molar-refractivity contribution is 5.78. The predicted molar refractivity (Wildman–Crippen MR) is 78.0 cm³/mol. The standard InChI is InChI=1S/C14H25N5/c1-10-13(11(2)19(3)18-10)9-16-14(15)17-12-7-5-4-6-8-12/h12H,4-9H2,1-3H3,(H3,15,16,17). The second-order valence-electron chi connectivity index (χ2n) is 5.45. The molecule has 106 valence electrons. The lowest BCUT2D eigenvalue weighted by Crippen LogP contribution is -2.41. The molecule has 0 amide bonds. The Bertz CT molecular complexity index is 455. The van der Waals surface area contributed by atoms with Crippen LogP contribution in [0.3, 0.4) is 0 Å². The lowest BCUT2D eigenvalue weighted by atomic mass is 9.96. The van der Waals surface area contributed by atoms with Crippen molar-refractivity contribution in [1.29, 1.82) is 0 Å². The first-order chi connectivity index (χ1) is 9.08. The molecule has 0 saturated heterocycles. The first-order valence-corrected chi connectivity index (χ1v) is 7.13. The van der Waals surface area contributed by atoms with Gasteiger partial charge in [-0.05, 0) is 26.7 Å². The molecule has 1 aromatic heterocycles. The topological polar surface area (TPSA) is 68.2 Å². The molecule has 1 fully saturated rings. The largest absolute Gasteiger partial charge is 0.370 e. The van der Waals surface area contributed by atoms with Crippen molar-refractivity contribution in [3.63, 3.8) is 0 Å². The molecule has 0 aliphatic heterocycles. The quantitative estimate of drug-likeness (QED) is 0.645. The Hall–Kier alpha value is -1.52. The van der Waals surface area contributed by atoms with Crippen LogP contribution in [0.2, 0.25) is 0 Å². The second kappa shape index (κ2) is 6.08. The van der Waals surface area contributed by atoms with Crippen LogP contribution in [-0.4, -0.2) is 21.8 Å². The van der Waals surface area contributed by atoms with Crippen molar-refractivity contribution in [2.75, 3.05) is 0 Å². The van der Waals surface area contributed by atoms with Gasteiger partial charge in [0.2, 0.25) is 0 Å². The maximum atomic E-state index is 5.97. The van der Waals surface area contributed by atoms with Crippen LogP contribution in [0.25, 0.3) is 0 Å². The van der Waals surface area contributed by atoms with Gasteiger partial charge in [-0.2, -0.15) is 5.10 Å². The Balaban J connectivity index is 1.93. The fourth-order valence-electron chi connectivity index (χ4n) is 2.71. The molecule has 1 aliphatic carbocycles. The summed E-state index contributed by atoms with van der Waals surface area (Å²) in [4.78, 5) is 4.45. The van der Waals surface area contributed by atoms with Gasteiger partial charge in [0.15, 0.2) is 5.96 Å². The minimum atomic E-state index is 0.508. The first-order valence-electron chi connectivity index (χ1n) is 7.13. The zero-order valence-electron chi connectivity index (χ0n) is 12.2. The van der Waals surface area contributed by atoms with Gasteiger partial charge in [-0.15, -0.1) is 0 Å². The Morgan fingerprint density at radius 2 is 2.05 bits per heavy atom. The summed E-state index contributed by atoms with van der Waals surface area (Å²) in [6.45, 7) is 4.69. The fraction of sp³-hybridized carbons (Fsp3) is 0.714. The first kappa shape index (κ1) is 13.9.